The molecule has 0 spiro atoms. The fourth-order valence-electron chi connectivity index (χ4n) is 1.45. The van der Waals surface area contributed by atoms with Gasteiger partial charge in [-0.25, -0.2) is 12.8 Å². The smallest absolute Gasteiger partial charge is 0.261 e. The highest BCUT2D eigenvalue weighted by atomic mass is 35.5. The summed E-state index contributed by atoms with van der Waals surface area (Å²) < 4.78 is 39.5. The predicted octanol–water partition coefficient (Wildman–Crippen LogP) is 3.52. The highest BCUT2D eigenvalue weighted by molar-refractivity contribution is 7.92. The molecule has 2 aromatic rings. The van der Waals surface area contributed by atoms with Crippen molar-refractivity contribution in [2.75, 3.05) is 10.5 Å². The summed E-state index contributed by atoms with van der Waals surface area (Å²) in [5.41, 5.74) is 6.11. The van der Waals surface area contributed by atoms with E-state index in [9.17, 15) is 12.8 Å². The molecule has 0 fully saturated rings. The van der Waals surface area contributed by atoms with Crippen molar-refractivity contribution in [1.82, 2.24) is 0 Å². The standard InChI is InChI=1S/C12H9Cl2FN2O2S/c13-9-6-8(2-3-11(9)15)20(18,19)17-7-1-4-12(16)10(14)5-7/h1-6,17H,16H2. The first-order chi connectivity index (χ1) is 9.29. The van der Waals surface area contributed by atoms with Crippen LogP contribution >= 0.6 is 23.2 Å². The maximum atomic E-state index is 13.0. The number of hydrogen-bond acceptors (Lipinski definition) is 3. The van der Waals surface area contributed by atoms with Crippen LogP contribution < -0.4 is 10.5 Å². The second kappa shape index (κ2) is 5.47. The number of hydrogen-bond donors (Lipinski definition) is 2. The number of rotatable bonds is 3. The van der Waals surface area contributed by atoms with Gasteiger partial charge in [0.2, 0.25) is 0 Å². The minimum absolute atomic E-state index is 0.156. The molecule has 0 saturated heterocycles. The van der Waals surface area contributed by atoms with E-state index in [2.05, 4.69) is 4.72 Å². The van der Waals surface area contributed by atoms with Gasteiger partial charge < -0.3 is 5.73 Å². The van der Waals surface area contributed by atoms with Crippen molar-refractivity contribution < 1.29 is 12.8 Å². The van der Waals surface area contributed by atoms with Crippen molar-refractivity contribution >= 4 is 44.6 Å². The van der Waals surface area contributed by atoms with Gasteiger partial charge in [0, 0.05) is 0 Å². The lowest BCUT2D eigenvalue weighted by molar-refractivity contribution is 0.599. The molecule has 0 saturated carbocycles. The van der Waals surface area contributed by atoms with E-state index in [0.717, 1.165) is 18.2 Å². The molecule has 0 aliphatic carbocycles. The molecular weight excluding hydrogens is 326 g/mol. The molecule has 3 N–H and O–H groups in total. The zero-order chi connectivity index (χ0) is 14.9. The normalized spacial score (nSPS) is 11.3. The van der Waals surface area contributed by atoms with E-state index >= 15 is 0 Å². The monoisotopic (exact) mass is 334 g/mol. The van der Waals surface area contributed by atoms with Crippen LogP contribution in [0.1, 0.15) is 0 Å². The van der Waals surface area contributed by atoms with Gasteiger partial charge in [-0.05, 0) is 36.4 Å². The topological polar surface area (TPSA) is 72.2 Å². The van der Waals surface area contributed by atoms with Crippen LogP contribution in [-0.4, -0.2) is 8.42 Å². The van der Waals surface area contributed by atoms with Gasteiger partial charge >= 0.3 is 0 Å². The largest absolute Gasteiger partial charge is 0.398 e. The van der Waals surface area contributed by atoms with E-state index in [1.165, 1.54) is 18.2 Å². The van der Waals surface area contributed by atoms with Crippen LogP contribution in [-0.2, 0) is 10.0 Å². The van der Waals surface area contributed by atoms with Crippen LogP contribution in [0.5, 0.6) is 0 Å². The third kappa shape index (κ3) is 3.15. The third-order valence-electron chi connectivity index (χ3n) is 2.45. The first-order valence-corrected chi connectivity index (χ1v) is 7.56. The minimum atomic E-state index is -3.88. The summed E-state index contributed by atoms with van der Waals surface area (Å²) in [5, 5.41) is -0.0504. The quantitative estimate of drug-likeness (QED) is 0.843. The highest BCUT2D eigenvalue weighted by Crippen LogP contribution is 2.25. The summed E-state index contributed by atoms with van der Waals surface area (Å²) in [6.07, 6.45) is 0. The second-order valence-corrected chi connectivity index (χ2v) is 6.41. The number of nitrogens with one attached hydrogen (secondary N) is 1. The molecule has 0 unspecified atom stereocenters. The van der Waals surface area contributed by atoms with E-state index < -0.39 is 15.8 Å². The van der Waals surface area contributed by atoms with E-state index in [0.29, 0.717) is 5.69 Å². The Hall–Kier alpha value is -1.50. The molecule has 0 amide bonds. The summed E-state index contributed by atoms with van der Waals surface area (Å²) in [6, 6.07) is 7.43. The molecular formula is C12H9Cl2FN2O2S. The number of benzene rings is 2. The van der Waals surface area contributed by atoms with Gasteiger partial charge in [-0.1, -0.05) is 23.2 Å². The Labute approximate surface area is 125 Å². The number of halogens is 3. The lowest BCUT2D eigenvalue weighted by Gasteiger charge is -2.09. The lowest BCUT2D eigenvalue weighted by Crippen LogP contribution is -2.13. The van der Waals surface area contributed by atoms with E-state index in [1.807, 2.05) is 0 Å². The number of nitrogen functional groups attached to an aromatic ring is 1. The molecule has 0 radical (unpaired) electrons. The predicted molar refractivity (Wildman–Crippen MR) is 78.1 cm³/mol. The molecule has 0 heterocycles. The summed E-state index contributed by atoms with van der Waals surface area (Å²) in [5.74, 6) is -0.693. The molecule has 0 aliphatic heterocycles. The van der Waals surface area contributed by atoms with Gasteiger partial charge in [0.15, 0.2) is 0 Å². The third-order valence-corrected chi connectivity index (χ3v) is 4.45. The van der Waals surface area contributed by atoms with E-state index in [1.54, 1.807) is 0 Å². The Morgan fingerprint density at radius 1 is 1.05 bits per heavy atom. The van der Waals surface area contributed by atoms with Gasteiger partial charge in [-0.2, -0.15) is 0 Å². The van der Waals surface area contributed by atoms with Crippen LogP contribution in [0.25, 0.3) is 0 Å². The Morgan fingerprint density at radius 3 is 2.35 bits per heavy atom. The van der Waals surface area contributed by atoms with Crippen molar-refractivity contribution in [2.45, 2.75) is 4.90 Å². The fraction of sp³-hybridized carbons (Fsp3) is 0. The SMILES string of the molecule is Nc1ccc(NS(=O)(=O)c2ccc(F)c(Cl)c2)cc1Cl. The molecule has 0 aromatic heterocycles. The van der Waals surface area contributed by atoms with Crippen LogP contribution in [0.3, 0.4) is 0 Å². The fourth-order valence-corrected chi connectivity index (χ4v) is 2.95. The Kier molecular flexibility index (Phi) is 4.08. The van der Waals surface area contributed by atoms with E-state index in [-0.39, 0.29) is 20.6 Å². The maximum Gasteiger partial charge on any atom is 0.261 e. The van der Waals surface area contributed by atoms with Crippen LogP contribution in [0.4, 0.5) is 15.8 Å². The number of nitrogens with two attached hydrogens (primary N) is 1. The molecule has 0 bridgehead atoms. The van der Waals surface area contributed by atoms with Gasteiger partial charge in [0.25, 0.3) is 10.0 Å². The van der Waals surface area contributed by atoms with E-state index in [4.69, 9.17) is 28.9 Å². The number of sulfonamides is 1. The van der Waals surface area contributed by atoms with Crippen molar-refractivity contribution in [3.63, 3.8) is 0 Å². The van der Waals surface area contributed by atoms with Crippen molar-refractivity contribution in [3.8, 4) is 0 Å². The Morgan fingerprint density at radius 2 is 1.75 bits per heavy atom. The Bertz CT molecular complexity index is 766. The summed E-state index contributed by atoms with van der Waals surface area (Å²) >= 11 is 11.4. The zero-order valence-electron chi connectivity index (χ0n) is 9.90. The summed E-state index contributed by atoms with van der Waals surface area (Å²) in [7, 11) is -3.88. The molecule has 4 nitrogen and oxygen atoms in total. The molecule has 20 heavy (non-hydrogen) atoms. The molecule has 0 atom stereocenters. The van der Waals surface area contributed by atoms with Crippen LogP contribution in [0.2, 0.25) is 10.0 Å². The first kappa shape index (κ1) is 14.9. The number of anilines is 2. The van der Waals surface area contributed by atoms with Crippen LogP contribution in [0.15, 0.2) is 41.3 Å². The summed E-state index contributed by atoms with van der Waals surface area (Å²) in [4.78, 5) is -0.156. The second-order valence-electron chi connectivity index (χ2n) is 3.92. The molecule has 2 rings (SSSR count). The first-order valence-electron chi connectivity index (χ1n) is 5.32. The molecule has 106 valence electrons. The minimum Gasteiger partial charge on any atom is -0.398 e. The van der Waals surface area contributed by atoms with Crippen molar-refractivity contribution in [2.24, 2.45) is 0 Å². The van der Waals surface area contributed by atoms with Crippen molar-refractivity contribution in [1.29, 1.82) is 0 Å². The maximum absolute atomic E-state index is 13.0. The van der Waals surface area contributed by atoms with Crippen molar-refractivity contribution in [3.05, 3.63) is 52.3 Å². The molecule has 2 aromatic carbocycles. The van der Waals surface area contributed by atoms with Gasteiger partial charge in [-0.3, -0.25) is 4.72 Å². The lowest BCUT2D eigenvalue weighted by atomic mass is 10.3. The zero-order valence-corrected chi connectivity index (χ0v) is 12.2. The Balaban J connectivity index is 2.35. The average Bonchev–Trinajstić information content (AvgIpc) is 2.37. The van der Waals surface area contributed by atoms with Gasteiger partial charge in [0.1, 0.15) is 5.82 Å². The van der Waals surface area contributed by atoms with Crippen LogP contribution in [0, 0.1) is 5.82 Å². The van der Waals surface area contributed by atoms with Gasteiger partial charge in [-0.15, -0.1) is 0 Å². The molecule has 8 heteroatoms. The van der Waals surface area contributed by atoms with Gasteiger partial charge in [0.05, 0.1) is 26.3 Å². The summed E-state index contributed by atoms with van der Waals surface area (Å²) in [6.45, 7) is 0. The molecule has 0 aliphatic rings. The highest BCUT2D eigenvalue weighted by Gasteiger charge is 2.16. The average molecular weight is 335 g/mol.